The molecule has 3 heteroatoms. The summed E-state index contributed by atoms with van der Waals surface area (Å²) in [6.45, 7) is 2.21. The fourth-order valence-corrected chi connectivity index (χ4v) is 1.83. The molecule has 1 aliphatic rings. The van der Waals surface area contributed by atoms with E-state index in [9.17, 15) is 0 Å². The number of nitrogens with two attached hydrogens (primary N) is 1. The molecule has 0 aromatic carbocycles. The Morgan fingerprint density at radius 3 is 2.92 bits per heavy atom. The van der Waals surface area contributed by atoms with Crippen molar-refractivity contribution in [2.45, 2.75) is 50.7 Å². The van der Waals surface area contributed by atoms with Gasteiger partial charge in [-0.2, -0.15) is 0 Å². The zero-order valence-electron chi connectivity index (χ0n) is 7.79. The molecule has 0 radical (unpaired) electrons. The fraction of sp³-hybridized carbons (Fsp3) is 1.00. The van der Waals surface area contributed by atoms with Crippen LogP contribution < -0.4 is 11.1 Å². The van der Waals surface area contributed by atoms with Crippen LogP contribution in [0.5, 0.6) is 0 Å². The summed E-state index contributed by atoms with van der Waals surface area (Å²) in [6, 6.07) is 1.10. The van der Waals surface area contributed by atoms with Crippen LogP contribution in [-0.2, 0) is 0 Å². The Bertz CT molecular complexity index is 130. The highest BCUT2D eigenvalue weighted by atomic mass is 16.3. The van der Waals surface area contributed by atoms with Crippen molar-refractivity contribution >= 4 is 0 Å². The predicted molar refractivity (Wildman–Crippen MR) is 49.9 cm³/mol. The number of rotatable bonds is 3. The number of aliphatic hydroxyl groups is 1. The molecule has 0 bridgehead atoms. The number of nitrogens with one attached hydrogen (secondary N) is 1. The number of hydrogen-bond donors (Lipinski definition) is 3. The molecule has 0 aromatic heterocycles. The van der Waals surface area contributed by atoms with Crippen LogP contribution in [0.25, 0.3) is 0 Å². The topological polar surface area (TPSA) is 58.3 Å². The lowest BCUT2D eigenvalue weighted by molar-refractivity contribution is 0.223. The van der Waals surface area contributed by atoms with Gasteiger partial charge in [-0.15, -0.1) is 0 Å². The second-order valence-electron chi connectivity index (χ2n) is 3.87. The van der Waals surface area contributed by atoms with Gasteiger partial charge in [0.2, 0.25) is 0 Å². The monoisotopic (exact) mass is 172 g/mol. The van der Waals surface area contributed by atoms with E-state index in [4.69, 9.17) is 10.8 Å². The maximum absolute atomic E-state index is 8.84. The number of aliphatic hydroxyl groups excluding tert-OH is 1. The zero-order valence-corrected chi connectivity index (χ0v) is 7.79. The summed E-state index contributed by atoms with van der Waals surface area (Å²) in [7, 11) is 0. The maximum Gasteiger partial charge on any atom is 0.0582 e. The summed E-state index contributed by atoms with van der Waals surface area (Å²) in [4.78, 5) is 0. The minimum absolute atomic E-state index is 0.209. The molecule has 1 fully saturated rings. The van der Waals surface area contributed by atoms with Gasteiger partial charge in [0, 0.05) is 18.1 Å². The van der Waals surface area contributed by atoms with Gasteiger partial charge in [-0.3, -0.25) is 0 Å². The molecule has 0 aliphatic heterocycles. The first-order valence-electron chi connectivity index (χ1n) is 4.85. The van der Waals surface area contributed by atoms with Crippen LogP contribution in [0.4, 0.5) is 0 Å². The van der Waals surface area contributed by atoms with Crippen molar-refractivity contribution in [3.8, 4) is 0 Å². The van der Waals surface area contributed by atoms with Gasteiger partial charge >= 0.3 is 0 Å². The van der Waals surface area contributed by atoms with Crippen molar-refractivity contribution in [2.24, 2.45) is 5.73 Å². The van der Waals surface area contributed by atoms with E-state index < -0.39 is 0 Å². The molecule has 1 saturated carbocycles. The largest absolute Gasteiger partial charge is 0.395 e. The van der Waals surface area contributed by atoms with Crippen molar-refractivity contribution in [2.75, 3.05) is 6.61 Å². The van der Waals surface area contributed by atoms with Crippen LogP contribution >= 0.6 is 0 Å². The van der Waals surface area contributed by atoms with E-state index in [-0.39, 0.29) is 12.6 Å². The third-order valence-electron chi connectivity index (χ3n) is 2.51. The lowest BCUT2D eigenvalue weighted by atomic mass is 9.91. The Morgan fingerprint density at radius 2 is 2.33 bits per heavy atom. The third kappa shape index (κ3) is 3.09. The highest BCUT2D eigenvalue weighted by Gasteiger charge is 2.19. The number of hydrogen-bond acceptors (Lipinski definition) is 3. The summed E-state index contributed by atoms with van der Waals surface area (Å²) < 4.78 is 0. The summed E-state index contributed by atoms with van der Waals surface area (Å²) in [5.41, 5.74) is 5.84. The van der Waals surface area contributed by atoms with Crippen molar-refractivity contribution in [1.29, 1.82) is 0 Å². The zero-order chi connectivity index (χ0) is 8.97. The van der Waals surface area contributed by atoms with Gasteiger partial charge in [-0.25, -0.2) is 0 Å². The van der Waals surface area contributed by atoms with Crippen molar-refractivity contribution in [3.63, 3.8) is 0 Å². The second kappa shape index (κ2) is 4.80. The van der Waals surface area contributed by atoms with Crippen molar-refractivity contribution < 1.29 is 5.11 Å². The molecule has 0 spiro atoms. The molecular formula is C9H20N2O. The molecule has 0 aromatic rings. The Hall–Kier alpha value is -0.120. The highest BCUT2D eigenvalue weighted by molar-refractivity contribution is 4.81. The Morgan fingerprint density at radius 1 is 1.58 bits per heavy atom. The quantitative estimate of drug-likeness (QED) is 0.571. The summed E-state index contributed by atoms with van der Waals surface area (Å²) in [6.07, 6.45) is 4.64. The molecule has 4 N–H and O–H groups in total. The van der Waals surface area contributed by atoms with E-state index in [1.54, 1.807) is 0 Å². The normalized spacial score (nSPS) is 33.2. The van der Waals surface area contributed by atoms with Crippen LogP contribution in [0.1, 0.15) is 32.6 Å². The minimum Gasteiger partial charge on any atom is -0.395 e. The standard InChI is InChI=1S/C9H20N2O/c1-7(6-12)11-9-4-2-3-8(10)5-9/h7-9,11-12H,2-6,10H2,1H3. The second-order valence-corrected chi connectivity index (χ2v) is 3.87. The van der Waals surface area contributed by atoms with E-state index in [1.165, 1.54) is 12.8 Å². The SMILES string of the molecule is CC(CO)NC1CCCC(N)C1. The molecule has 0 heterocycles. The molecule has 0 saturated heterocycles. The Balaban J connectivity index is 2.22. The van der Waals surface area contributed by atoms with Gasteiger partial charge in [0.05, 0.1) is 6.61 Å². The smallest absolute Gasteiger partial charge is 0.0582 e. The average Bonchev–Trinajstić information content (AvgIpc) is 2.04. The predicted octanol–water partition coefficient (Wildman–Crippen LogP) is 0.227. The van der Waals surface area contributed by atoms with Crippen LogP contribution in [0.3, 0.4) is 0 Å². The molecule has 1 rings (SSSR count). The highest BCUT2D eigenvalue weighted by Crippen LogP contribution is 2.17. The van der Waals surface area contributed by atoms with Gasteiger partial charge in [0.15, 0.2) is 0 Å². The Labute approximate surface area is 74.3 Å². The molecule has 1 aliphatic carbocycles. The van der Waals surface area contributed by atoms with Crippen LogP contribution in [0.2, 0.25) is 0 Å². The fourth-order valence-electron chi connectivity index (χ4n) is 1.83. The molecule has 0 amide bonds. The van der Waals surface area contributed by atoms with Gasteiger partial charge in [0.1, 0.15) is 0 Å². The first-order chi connectivity index (χ1) is 5.72. The molecule has 12 heavy (non-hydrogen) atoms. The van der Waals surface area contributed by atoms with Gasteiger partial charge in [-0.1, -0.05) is 6.42 Å². The van der Waals surface area contributed by atoms with Crippen LogP contribution in [0.15, 0.2) is 0 Å². The summed E-state index contributed by atoms with van der Waals surface area (Å²) >= 11 is 0. The lowest BCUT2D eigenvalue weighted by Crippen LogP contribution is -2.44. The average molecular weight is 172 g/mol. The molecular weight excluding hydrogens is 152 g/mol. The van der Waals surface area contributed by atoms with Gasteiger partial charge < -0.3 is 16.2 Å². The van der Waals surface area contributed by atoms with Gasteiger partial charge in [0.25, 0.3) is 0 Å². The summed E-state index contributed by atoms with van der Waals surface area (Å²) in [5.74, 6) is 0. The summed E-state index contributed by atoms with van der Waals surface area (Å²) in [5, 5.41) is 12.2. The van der Waals surface area contributed by atoms with E-state index in [0.29, 0.717) is 12.1 Å². The van der Waals surface area contributed by atoms with Crippen molar-refractivity contribution in [3.05, 3.63) is 0 Å². The first-order valence-corrected chi connectivity index (χ1v) is 4.85. The van der Waals surface area contributed by atoms with Gasteiger partial charge in [-0.05, 0) is 26.2 Å². The van der Waals surface area contributed by atoms with Crippen LogP contribution in [0, 0.1) is 0 Å². The van der Waals surface area contributed by atoms with Crippen LogP contribution in [-0.4, -0.2) is 29.8 Å². The van der Waals surface area contributed by atoms with E-state index >= 15 is 0 Å². The van der Waals surface area contributed by atoms with Crippen molar-refractivity contribution in [1.82, 2.24) is 5.32 Å². The third-order valence-corrected chi connectivity index (χ3v) is 2.51. The first kappa shape index (κ1) is 9.96. The van der Waals surface area contributed by atoms with E-state index in [0.717, 1.165) is 12.8 Å². The molecule has 3 atom stereocenters. The molecule has 3 unspecified atom stereocenters. The minimum atomic E-state index is 0.209. The maximum atomic E-state index is 8.84. The molecule has 72 valence electrons. The molecule has 3 nitrogen and oxygen atoms in total. The van der Waals surface area contributed by atoms with E-state index in [2.05, 4.69) is 5.32 Å². The lowest BCUT2D eigenvalue weighted by Gasteiger charge is -2.29. The Kier molecular flexibility index (Phi) is 3.98. The van der Waals surface area contributed by atoms with E-state index in [1.807, 2.05) is 6.92 Å².